The summed E-state index contributed by atoms with van der Waals surface area (Å²) in [6, 6.07) is 1.69. The molecule has 0 radical (unpaired) electrons. The number of nitrogens with zero attached hydrogens (tertiary/aromatic N) is 6. The molecule has 0 saturated heterocycles. The topological polar surface area (TPSA) is 99.2 Å². The van der Waals surface area contributed by atoms with Crippen LogP contribution in [0.1, 0.15) is 11.3 Å². The third-order valence-electron chi connectivity index (χ3n) is 1.96. The smallest absolute Gasteiger partial charge is 0.159 e. The van der Waals surface area contributed by atoms with E-state index in [4.69, 9.17) is 10.6 Å². The molecule has 0 aliphatic rings. The number of rotatable bonds is 3. The maximum Gasteiger partial charge on any atom is 0.159 e. The van der Waals surface area contributed by atoms with Crippen molar-refractivity contribution in [1.82, 2.24) is 14.6 Å². The number of fused-ring (bicyclic) bond motifs is 1. The van der Waals surface area contributed by atoms with Gasteiger partial charge in [0.15, 0.2) is 5.65 Å². The molecule has 7 heteroatoms. The van der Waals surface area contributed by atoms with Crippen molar-refractivity contribution in [3.05, 3.63) is 40.2 Å². The van der Waals surface area contributed by atoms with Crippen molar-refractivity contribution in [2.45, 2.75) is 13.2 Å². The fraction of sp³-hybridized carbons (Fsp3) is 0.250. The lowest BCUT2D eigenvalue weighted by atomic mass is 10.3. The molecule has 2 aromatic rings. The fourth-order valence-electron chi connectivity index (χ4n) is 1.30. The van der Waals surface area contributed by atoms with Crippen molar-refractivity contribution in [3.63, 3.8) is 0 Å². The zero-order valence-corrected chi connectivity index (χ0v) is 7.78. The Morgan fingerprint density at radius 2 is 2.47 bits per heavy atom. The second-order valence-corrected chi connectivity index (χ2v) is 2.90. The molecule has 15 heavy (non-hydrogen) atoms. The van der Waals surface area contributed by atoms with Crippen LogP contribution in [-0.2, 0) is 13.2 Å². The summed E-state index contributed by atoms with van der Waals surface area (Å²) in [6.07, 6.45) is 3.25. The predicted octanol–water partition coefficient (Wildman–Crippen LogP) is 1.03. The highest BCUT2D eigenvalue weighted by molar-refractivity contribution is 5.46. The van der Waals surface area contributed by atoms with Crippen molar-refractivity contribution in [3.8, 4) is 0 Å². The van der Waals surface area contributed by atoms with E-state index < -0.39 is 0 Å². The molecular formula is C8H8N6O. The summed E-state index contributed by atoms with van der Waals surface area (Å²) < 4.78 is 1.55. The summed E-state index contributed by atoms with van der Waals surface area (Å²) in [5.41, 5.74) is 10.1. The highest BCUT2D eigenvalue weighted by Gasteiger charge is 2.05. The molecule has 0 atom stereocenters. The van der Waals surface area contributed by atoms with E-state index in [0.29, 0.717) is 16.9 Å². The summed E-state index contributed by atoms with van der Waals surface area (Å²) in [5, 5.41) is 16.5. The minimum Gasteiger partial charge on any atom is -0.392 e. The van der Waals surface area contributed by atoms with Crippen molar-refractivity contribution >= 4 is 5.65 Å². The van der Waals surface area contributed by atoms with E-state index in [0.717, 1.165) is 0 Å². The molecule has 0 aromatic carbocycles. The Bertz CT molecular complexity index is 527. The molecule has 2 rings (SSSR count). The zero-order valence-electron chi connectivity index (χ0n) is 7.78. The summed E-state index contributed by atoms with van der Waals surface area (Å²) in [5.74, 6) is 0. The average molecular weight is 204 g/mol. The Kier molecular flexibility index (Phi) is 2.49. The SMILES string of the molecule is [N-]=[N+]=NCc1cn2nccc(CO)c2n1. The number of hydrogen-bond acceptors (Lipinski definition) is 4. The Morgan fingerprint density at radius 3 is 3.20 bits per heavy atom. The number of aromatic nitrogens is 3. The summed E-state index contributed by atoms with van der Waals surface area (Å²) >= 11 is 0. The number of hydrogen-bond donors (Lipinski definition) is 1. The molecule has 7 nitrogen and oxygen atoms in total. The minimum atomic E-state index is -0.0933. The lowest BCUT2D eigenvalue weighted by Gasteiger charge is -1.96. The van der Waals surface area contributed by atoms with Gasteiger partial charge >= 0.3 is 0 Å². The average Bonchev–Trinajstić information content (AvgIpc) is 2.68. The van der Waals surface area contributed by atoms with Gasteiger partial charge in [-0.05, 0) is 11.6 Å². The van der Waals surface area contributed by atoms with Crippen LogP contribution in [0, 0.1) is 0 Å². The van der Waals surface area contributed by atoms with Gasteiger partial charge in [-0.1, -0.05) is 5.11 Å². The van der Waals surface area contributed by atoms with Crippen molar-refractivity contribution in [1.29, 1.82) is 0 Å². The highest BCUT2D eigenvalue weighted by atomic mass is 16.3. The first-order valence-electron chi connectivity index (χ1n) is 4.29. The molecule has 0 saturated carbocycles. The summed E-state index contributed by atoms with van der Waals surface area (Å²) in [6.45, 7) is 0.0920. The Hall–Kier alpha value is -2.11. The Balaban J connectivity index is 2.49. The number of azide groups is 1. The fourth-order valence-corrected chi connectivity index (χ4v) is 1.30. The number of aliphatic hydroxyl groups is 1. The molecular weight excluding hydrogens is 196 g/mol. The van der Waals surface area contributed by atoms with E-state index in [9.17, 15) is 0 Å². The molecule has 0 spiro atoms. The molecule has 76 valence electrons. The van der Waals surface area contributed by atoms with Gasteiger partial charge in [-0.3, -0.25) is 0 Å². The maximum absolute atomic E-state index is 9.06. The van der Waals surface area contributed by atoms with Crippen LogP contribution in [0.15, 0.2) is 23.6 Å². The predicted molar refractivity (Wildman–Crippen MR) is 51.8 cm³/mol. The first-order valence-corrected chi connectivity index (χ1v) is 4.29. The van der Waals surface area contributed by atoms with E-state index >= 15 is 0 Å². The molecule has 2 aromatic heterocycles. The van der Waals surface area contributed by atoms with Gasteiger partial charge in [0.25, 0.3) is 0 Å². The second-order valence-electron chi connectivity index (χ2n) is 2.90. The minimum absolute atomic E-state index is 0.0933. The molecule has 0 unspecified atom stereocenters. The molecule has 0 fully saturated rings. The molecule has 2 heterocycles. The summed E-state index contributed by atoms with van der Waals surface area (Å²) in [7, 11) is 0. The van der Waals surface area contributed by atoms with Gasteiger partial charge in [-0.25, -0.2) is 9.50 Å². The normalized spacial score (nSPS) is 10.2. The molecule has 0 amide bonds. The highest BCUT2D eigenvalue weighted by Crippen LogP contribution is 2.09. The lowest BCUT2D eigenvalue weighted by Crippen LogP contribution is -1.94. The summed E-state index contributed by atoms with van der Waals surface area (Å²) in [4.78, 5) is 6.85. The molecule has 0 aliphatic heterocycles. The van der Waals surface area contributed by atoms with Gasteiger partial charge < -0.3 is 5.11 Å². The van der Waals surface area contributed by atoms with Crippen LogP contribution < -0.4 is 0 Å². The standard InChI is InChI=1S/C8H8N6O/c9-13-10-3-7-4-14-8(12-7)6(5-15)1-2-11-14/h1-2,4,15H,3,5H2. The van der Waals surface area contributed by atoms with Crippen molar-refractivity contribution < 1.29 is 5.11 Å². The van der Waals surface area contributed by atoms with E-state index in [1.54, 1.807) is 23.0 Å². The van der Waals surface area contributed by atoms with E-state index in [2.05, 4.69) is 20.1 Å². The van der Waals surface area contributed by atoms with Gasteiger partial charge in [0.2, 0.25) is 0 Å². The number of imidazole rings is 1. The van der Waals surface area contributed by atoms with E-state index in [1.807, 2.05) is 0 Å². The van der Waals surface area contributed by atoms with Crippen molar-refractivity contribution in [2.75, 3.05) is 0 Å². The quantitative estimate of drug-likeness (QED) is 0.459. The zero-order chi connectivity index (χ0) is 10.7. The van der Waals surface area contributed by atoms with Crippen molar-refractivity contribution in [2.24, 2.45) is 5.11 Å². The monoisotopic (exact) mass is 204 g/mol. The molecule has 0 aliphatic carbocycles. The largest absolute Gasteiger partial charge is 0.392 e. The molecule has 0 bridgehead atoms. The van der Waals surface area contributed by atoms with Crippen LogP contribution >= 0.6 is 0 Å². The Morgan fingerprint density at radius 1 is 1.60 bits per heavy atom. The van der Waals surface area contributed by atoms with Gasteiger partial charge in [0, 0.05) is 16.7 Å². The molecule has 1 N–H and O–H groups in total. The number of aliphatic hydroxyl groups excluding tert-OH is 1. The first-order chi connectivity index (χ1) is 7.35. The van der Waals surface area contributed by atoms with Crippen LogP contribution in [0.3, 0.4) is 0 Å². The third-order valence-corrected chi connectivity index (χ3v) is 1.96. The van der Waals surface area contributed by atoms with Crippen LogP contribution in [0.25, 0.3) is 16.1 Å². The van der Waals surface area contributed by atoms with Crippen LogP contribution in [0.5, 0.6) is 0 Å². The lowest BCUT2D eigenvalue weighted by molar-refractivity contribution is 0.282. The van der Waals surface area contributed by atoms with Crippen LogP contribution in [0.4, 0.5) is 0 Å². The van der Waals surface area contributed by atoms with Gasteiger partial charge in [0.1, 0.15) is 0 Å². The van der Waals surface area contributed by atoms with Crippen LogP contribution in [0.2, 0.25) is 0 Å². The van der Waals surface area contributed by atoms with E-state index in [-0.39, 0.29) is 13.2 Å². The Labute approximate surface area is 84.6 Å². The van der Waals surface area contributed by atoms with Gasteiger partial charge in [-0.15, -0.1) is 0 Å². The van der Waals surface area contributed by atoms with E-state index in [1.165, 1.54) is 0 Å². The maximum atomic E-state index is 9.06. The second kappa shape index (κ2) is 3.95. The van der Waals surface area contributed by atoms with Crippen LogP contribution in [-0.4, -0.2) is 19.7 Å². The first kappa shape index (κ1) is 9.45. The van der Waals surface area contributed by atoms with Gasteiger partial charge in [0.05, 0.1) is 25.0 Å². The third kappa shape index (κ3) is 1.74. The van der Waals surface area contributed by atoms with Gasteiger partial charge in [-0.2, -0.15) is 5.10 Å².